The third-order valence-electron chi connectivity index (χ3n) is 5.66. The van der Waals surface area contributed by atoms with Crippen molar-refractivity contribution >= 4 is 40.6 Å². The Labute approximate surface area is 218 Å². The van der Waals surface area contributed by atoms with E-state index in [1.165, 1.54) is 29.0 Å². The number of carboxylic acid groups (broad SMARTS) is 3. The van der Waals surface area contributed by atoms with Crippen LogP contribution in [0.15, 0.2) is 28.3 Å². The molecule has 2 aromatic rings. The van der Waals surface area contributed by atoms with E-state index in [0.717, 1.165) is 45.9 Å². The van der Waals surface area contributed by atoms with Crippen LogP contribution in [-0.4, -0.2) is 93.1 Å². The number of ether oxygens (including phenoxy) is 1. The van der Waals surface area contributed by atoms with Crippen LogP contribution in [0.4, 0.5) is 0 Å². The first-order valence-electron chi connectivity index (χ1n) is 11.5. The molecule has 36 heavy (non-hydrogen) atoms. The van der Waals surface area contributed by atoms with Gasteiger partial charge in [0.25, 0.3) is 0 Å². The quantitative estimate of drug-likeness (QED) is 0.298. The molecule has 12 heteroatoms. The van der Waals surface area contributed by atoms with Crippen LogP contribution in [0, 0.1) is 6.92 Å². The van der Waals surface area contributed by atoms with Gasteiger partial charge in [-0.2, -0.15) is 11.3 Å². The highest BCUT2D eigenvalue weighted by atomic mass is 32.1. The lowest BCUT2D eigenvalue weighted by Crippen LogP contribution is -2.42. The maximum Gasteiger partial charge on any atom is 0.336 e. The number of rotatable bonds is 13. The molecule has 1 saturated heterocycles. The van der Waals surface area contributed by atoms with Crippen LogP contribution < -0.4 is 0 Å². The molecule has 0 unspecified atom stereocenters. The molecule has 2 aromatic heterocycles. The molecule has 0 amide bonds. The number of aryl methyl sites for hydroxylation is 1. The Morgan fingerprint density at radius 1 is 1.06 bits per heavy atom. The second-order valence-electron chi connectivity index (χ2n) is 8.65. The van der Waals surface area contributed by atoms with Gasteiger partial charge in [0.05, 0.1) is 26.1 Å². The number of thiophene rings is 2. The second kappa shape index (κ2) is 15.0. The number of carbonyl (C=O) groups is 3. The molecule has 10 nitrogen and oxygen atoms in total. The normalized spacial score (nSPS) is 14.3. The maximum atomic E-state index is 10.3. The highest BCUT2D eigenvalue weighted by Gasteiger charge is 2.40. The van der Waals surface area contributed by atoms with Gasteiger partial charge < -0.3 is 25.2 Å². The predicted octanol–water partition coefficient (Wildman–Crippen LogP) is 2.59. The van der Waals surface area contributed by atoms with Crippen LogP contribution in [-0.2, 0) is 32.2 Å². The average molecular weight is 543 g/mol. The number of hydrogen-bond acceptors (Lipinski definition) is 9. The van der Waals surface area contributed by atoms with Crippen LogP contribution in [0.25, 0.3) is 0 Å². The van der Waals surface area contributed by atoms with Gasteiger partial charge in [0.15, 0.2) is 5.60 Å². The molecule has 0 atom stereocenters. The van der Waals surface area contributed by atoms with E-state index >= 15 is 0 Å². The monoisotopic (exact) mass is 542 g/mol. The van der Waals surface area contributed by atoms with Gasteiger partial charge in [-0.1, -0.05) is 0 Å². The van der Waals surface area contributed by atoms with Crippen molar-refractivity contribution in [3.05, 3.63) is 44.3 Å². The van der Waals surface area contributed by atoms with Gasteiger partial charge in [0.1, 0.15) is 0 Å². The number of nitrogens with zero attached hydrogens (tertiary/aromatic N) is 2. The van der Waals surface area contributed by atoms with Gasteiger partial charge >= 0.3 is 17.9 Å². The van der Waals surface area contributed by atoms with E-state index in [2.05, 4.69) is 45.0 Å². The van der Waals surface area contributed by atoms with Crippen LogP contribution in [0.1, 0.15) is 35.3 Å². The Morgan fingerprint density at radius 3 is 2.22 bits per heavy atom. The molecule has 4 N–H and O–H groups in total. The van der Waals surface area contributed by atoms with Crippen molar-refractivity contribution in [1.29, 1.82) is 0 Å². The minimum absolute atomic E-state index is 0.896. The summed E-state index contributed by atoms with van der Waals surface area (Å²) in [5.74, 6) is -5.02. The number of morpholine rings is 1. The summed E-state index contributed by atoms with van der Waals surface area (Å²) in [6.07, 6.45) is -1.06. The predicted molar refractivity (Wildman–Crippen MR) is 136 cm³/mol. The van der Waals surface area contributed by atoms with Gasteiger partial charge in [-0.15, -0.1) is 11.3 Å². The molecule has 200 valence electrons. The van der Waals surface area contributed by atoms with Gasteiger partial charge in [0, 0.05) is 37.6 Å². The zero-order valence-electron chi connectivity index (χ0n) is 20.3. The molecule has 3 heterocycles. The number of aliphatic carboxylic acids is 3. The van der Waals surface area contributed by atoms with E-state index in [1.54, 1.807) is 11.3 Å². The maximum absolute atomic E-state index is 10.3. The Kier molecular flexibility index (Phi) is 12.5. The van der Waals surface area contributed by atoms with Gasteiger partial charge in [0.2, 0.25) is 0 Å². The summed E-state index contributed by atoms with van der Waals surface area (Å²) in [6, 6.07) is 4.48. The minimum atomic E-state index is -2.74. The fourth-order valence-electron chi connectivity index (χ4n) is 3.68. The molecule has 1 aliphatic rings. The summed E-state index contributed by atoms with van der Waals surface area (Å²) in [7, 11) is 0. The Bertz CT molecular complexity index is 941. The highest BCUT2D eigenvalue weighted by Crippen LogP contribution is 2.20. The Morgan fingerprint density at radius 2 is 1.72 bits per heavy atom. The third-order valence-corrected chi connectivity index (χ3v) is 7.40. The SMILES string of the molecule is Cc1ccsc1CN(CCCN1CCOCC1)Cc1ccsc1.O=C(O)CC(O)(CC(=O)O)C(=O)O. The molecule has 0 saturated carbocycles. The largest absolute Gasteiger partial charge is 0.481 e. The van der Waals surface area contributed by atoms with Crippen molar-refractivity contribution in [2.24, 2.45) is 0 Å². The zero-order chi connectivity index (χ0) is 26.6. The topological polar surface area (TPSA) is 148 Å². The molecule has 3 rings (SSSR count). The first kappa shape index (κ1) is 29.9. The molecule has 1 aliphatic heterocycles. The number of carboxylic acids is 3. The van der Waals surface area contributed by atoms with Crippen LogP contribution in [0.5, 0.6) is 0 Å². The lowest BCUT2D eigenvalue weighted by Gasteiger charge is -2.28. The fraction of sp³-hybridized carbons (Fsp3) is 0.542. The Hall–Kier alpha value is -2.35. The molecule has 0 bridgehead atoms. The van der Waals surface area contributed by atoms with Gasteiger partial charge in [-0.3, -0.25) is 19.4 Å². The van der Waals surface area contributed by atoms with Crippen molar-refractivity contribution in [1.82, 2.24) is 9.80 Å². The molecule has 0 aliphatic carbocycles. The second-order valence-corrected chi connectivity index (χ2v) is 10.4. The first-order chi connectivity index (χ1) is 17.1. The summed E-state index contributed by atoms with van der Waals surface area (Å²) < 4.78 is 5.43. The fourth-order valence-corrected chi connectivity index (χ4v) is 5.29. The standard InChI is InChI=1S/C18H26N2OS2.C6H8O7/c1-16-3-12-23-18(16)14-20(13-17-4-11-22-15-17)6-2-5-19-7-9-21-10-8-19;7-3(8)1-6(13,5(11)12)2-4(9)10/h3-4,11-12,15H,2,5-10,13-14H2,1H3;13H,1-2H2,(H,7,8)(H,9,10)(H,11,12). The van der Waals surface area contributed by atoms with Crippen LogP contribution in [0.3, 0.4) is 0 Å². The minimum Gasteiger partial charge on any atom is -0.481 e. The Balaban J connectivity index is 0.000000302. The number of hydrogen-bond donors (Lipinski definition) is 4. The molecular formula is C24H34N2O8S2. The highest BCUT2D eigenvalue weighted by molar-refractivity contribution is 7.10. The van der Waals surface area contributed by atoms with E-state index < -0.39 is 36.4 Å². The van der Waals surface area contributed by atoms with Crippen LogP contribution in [0.2, 0.25) is 0 Å². The van der Waals surface area contributed by atoms with E-state index in [4.69, 9.17) is 25.2 Å². The summed E-state index contributed by atoms with van der Waals surface area (Å²) in [5.41, 5.74) is 0.131. The summed E-state index contributed by atoms with van der Waals surface area (Å²) >= 11 is 3.68. The molecule has 0 aromatic carbocycles. The van der Waals surface area contributed by atoms with Crippen molar-refractivity contribution in [3.8, 4) is 0 Å². The third kappa shape index (κ3) is 10.7. The van der Waals surface area contributed by atoms with Crippen molar-refractivity contribution < 1.29 is 39.5 Å². The van der Waals surface area contributed by atoms with Crippen molar-refractivity contribution in [2.75, 3.05) is 39.4 Å². The van der Waals surface area contributed by atoms with E-state index in [0.29, 0.717) is 0 Å². The molecule has 0 spiro atoms. The molecular weight excluding hydrogens is 508 g/mol. The van der Waals surface area contributed by atoms with Crippen molar-refractivity contribution in [3.63, 3.8) is 0 Å². The first-order valence-corrected chi connectivity index (χ1v) is 13.4. The average Bonchev–Trinajstić information content (AvgIpc) is 3.45. The van der Waals surface area contributed by atoms with Crippen LogP contribution >= 0.6 is 22.7 Å². The van der Waals surface area contributed by atoms with E-state index in [1.807, 2.05) is 11.3 Å². The van der Waals surface area contributed by atoms with E-state index in [9.17, 15) is 14.4 Å². The van der Waals surface area contributed by atoms with Gasteiger partial charge in [-0.05, 0) is 59.3 Å². The molecule has 1 fully saturated rings. The lowest BCUT2D eigenvalue weighted by molar-refractivity contribution is -0.170. The summed E-state index contributed by atoms with van der Waals surface area (Å²) in [5, 5.41) is 40.5. The lowest BCUT2D eigenvalue weighted by atomic mass is 9.96. The van der Waals surface area contributed by atoms with Gasteiger partial charge in [-0.25, -0.2) is 4.79 Å². The number of aliphatic hydroxyl groups is 1. The smallest absolute Gasteiger partial charge is 0.336 e. The van der Waals surface area contributed by atoms with E-state index in [-0.39, 0.29) is 0 Å². The van der Waals surface area contributed by atoms with Crippen molar-refractivity contribution in [2.45, 2.75) is 44.9 Å². The molecule has 0 radical (unpaired) electrons. The zero-order valence-corrected chi connectivity index (χ0v) is 21.9. The summed E-state index contributed by atoms with van der Waals surface area (Å²) in [6.45, 7) is 10.7. The summed E-state index contributed by atoms with van der Waals surface area (Å²) in [4.78, 5) is 37.1.